The zero-order valence-corrected chi connectivity index (χ0v) is 45.3. The maximum atomic E-state index is 9.92. The smallest absolute Gasteiger partial charge is 0.164 e. The fraction of sp³-hybridized carbons (Fsp3) is 0.125. The van der Waals surface area contributed by atoms with Gasteiger partial charge in [0.15, 0.2) is 46.7 Å². The Kier molecular flexibility index (Phi) is 13.8. The van der Waals surface area contributed by atoms with E-state index in [0.717, 1.165) is 0 Å². The third-order valence-corrected chi connectivity index (χ3v) is 14.2. The van der Waals surface area contributed by atoms with Crippen LogP contribution in [-0.4, -0.2) is 95.6 Å². The number of hydrogen-bond acceptors (Lipinski definition) is 20. The lowest BCUT2D eigenvalue weighted by Crippen LogP contribution is -2.03. The summed E-state index contributed by atoms with van der Waals surface area (Å²) in [6.07, 6.45) is 0. The number of ether oxygens (including phenoxy) is 8. The van der Waals surface area contributed by atoms with E-state index in [1.165, 1.54) is 28.4 Å². The van der Waals surface area contributed by atoms with Gasteiger partial charge in [0, 0.05) is 91.0 Å². The van der Waals surface area contributed by atoms with Crippen LogP contribution in [-0.2, 0) is 26.4 Å². The Morgan fingerprint density at radius 1 is 0.238 bits per heavy atom. The first-order valence-corrected chi connectivity index (χ1v) is 26.2. The molecule has 0 fully saturated rings. The second-order valence-corrected chi connectivity index (χ2v) is 19.2. The molecule has 0 atom stereocenters. The molecule has 4 N–H and O–H groups in total. The quantitative estimate of drug-likeness (QED) is 0.0705. The number of aliphatic imine (C=N–C) groups is 8. The highest BCUT2D eigenvalue weighted by atomic mass is 16.5. The maximum Gasteiger partial charge on any atom is 0.164 e. The van der Waals surface area contributed by atoms with Crippen LogP contribution in [0.25, 0.3) is 0 Å². The van der Waals surface area contributed by atoms with Crippen LogP contribution in [0.3, 0.4) is 0 Å². The van der Waals surface area contributed by atoms with Crippen molar-refractivity contribution in [1.82, 2.24) is 0 Å². The van der Waals surface area contributed by atoms with Crippen LogP contribution in [0, 0.1) is 0 Å². The van der Waals surface area contributed by atoms with Gasteiger partial charge >= 0.3 is 0 Å². The molecule has 8 aromatic carbocycles. The van der Waals surface area contributed by atoms with Crippen molar-refractivity contribution >= 4 is 46.7 Å². The SMILES string of the molecule is COc1cc(Oc2ccc3c(c2)C2=NC3=NC3=NC(=NC4=NC(=NC5=NC(=N2)c2ccc(Oc6ccc(CO)c(OC)c6)cc25)c2ccc(Oc5ccc(CO)c(OC)c5)cc24)c2ccc(Oc4ccc(CO)c(OC)c4)cc23)ccc1CO. The summed E-state index contributed by atoms with van der Waals surface area (Å²) < 4.78 is 47.8. The number of benzene rings is 8. The van der Waals surface area contributed by atoms with Gasteiger partial charge in [-0.25, -0.2) is 39.9 Å². The van der Waals surface area contributed by atoms with Crippen LogP contribution in [0.4, 0.5) is 0 Å². The minimum Gasteiger partial charge on any atom is -0.496 e. The molecule has 5 heterocycles. The Bertz CT molecular complexity index is 3780. The Hall–Kier alpha value is -10.6. The van der Waals surface area contributed by atoms with Crippen molar-refractivity contribution in [3.63, 3.8) is 0 Å². The highest BCUT2D eigenvalue weighted by Gasteiger charge is 2.33. The summed E-state index contributed by atoms with van der Waals surface area (Å²) in [7, 11) is 6.10. The zero-order chi connectivity index (χ0) is 57.6. The van der Waals surface area contributed by atoms with Gasteiger partial charge in [-0.3, -0.25) is 0 Å². The second kappa shape index (κ2) is 22.0. The lowest BCUT2D eigenvalue weighted by molar-refractivity contribution is 0.273. The molecule has 0 spiro atoms. The van der Waals surface area contributed by atoms with Crippen LogP contribution >= 0.6 is 0 Å². The minimum absolute atomic E-state index is 0.211. The largest absolute Gasteiger partial charge is 0.496 e. The lowest BCUT2D eigenvalue weighted by Gasteiger charge is -2.12. The topological polar surface area (TPSA) is 254 Å². The van der Waals surface area contributed by atoms with E-state index in [1.54, 1.807) is 97.1 Å². The van der Waals surface area contributed by atoms with Gasteiger partial charge in [0.25, 0.3) is 0 Å². The number of aliphatic hydroxyl groups excluding tert-OH is 4. The summed E-state index contributed by atoms with van der Waals surface area (Å²) in [5.74, 6) is 7.67. The minimum atomic E-state index is -0.211. The van der Waals surface area contributed by atoms with E-state index in [1.807, 2.05) is 48.5 Å². The number of nitrogens with zero attached hydrogens (tertiary/aromatic N) is 8. The molecule has 0 radical (unpaired) electrons. The van der Waals surface area contributed by atoms with Crippen molar-refractivity contribution < 1.29 is 58.3 Å². The van der Waals surface area contributed by atoms with E-state index in [9.17, 15) is 20.4 Å². The molecule has 0 saturated carbocycles. The number of rotatable bonds is 16. The first kappa shape index (κ1) is 52.7. The van der Waals surface area contributed by atoms with Crippen molar-refractivity contribution in [2.75, 3.05) is 28.4 Å². The van der Waals surface area contributed by atoms with E-state index in [4.69, 9.17) is 77.8 Å². The first-order chi connectivity index (χ1) is 41.1. The van der Waals surface area contributed by atoms with Gasteiger partial charge in [-0.05, 0) is 121 Å². The molecule has 0 saturated heterocycles. The third-order valence-electron chi connectivity index (χ3n) is 14.2. The highest BCUT2D eigenvalue weighted by molar-refractivity contribution is 6.35. The van der Waals surface area contributed by atoms with Gasteiger partial charge in [-0.1, -0.05) is 0 Å². The van der Waals surface area contributed by atoms with Crippen LogP contribution in [0.1, 0.15) is 66.8 Å². The van der Waals surface area contributed by atoms with Crippen molar-refractivity contribution in [1.29, 1.82) is 0 Å². The maximum absolute atomic E-state index is 9.92. The van der Waals surface area contributed by atoms with E-state index >= 15 is 0 Å². The normalized spacial score (nSPS) is 14.0. The molecule has 8 aromatic rings. The summed E-state index contributed by atoms with van der Waals surface area (Å²) in [5, 5.41) is 39.7. The number of amidine groups is 8. The average molecular weight is 1120 g/mol. The molecule has 20 heteroatoms. The van der Waals surface area contributed by atoms with Crippen molar-refractivity contribution in [2.24, 2.45) is 39.9 Å². The average Bonchev–Trinajstić information content (AvgIpc) is 4.27. The predicted molar refractivity (Wildman–Crippen MR) is 314 cm³/mol. The van der Waals surface area contributed by atoms with Gasteiger partial charge in [0.05, 0.1) is 54.9 Å². The monoisotopic (exact) mass is 1120 g/mol. The summed E-state index contributed by atoms with van der Waals surface area (Å²) >= 11 is 0. The first-order valence-electron chi connectivity index (χ1n) is 26.2. The predicted octanol–water partition coefficient (Wildman–Crippen LogP) is 10.0. The molecule has 5 aliphatic heterocycles. The number of aliphatic hydroxyl groups is 4. The Morgan fingerprint density at radius 2 is 0.417 bits per heavy atom. The summed E-state index contributed by atoms with van der Waals surface area (Å²) in [5.41, 5.74) is 7.14. The summed E-state index contributed by atoms with van der Waals surface area (Å²) in [6, 6.07) is 42.6. The van der Waals surface area contributed by atoms with Gasteiger partial charge < -0.3 is 58.3 Å². The van der Waals surface area contributed by atoms with E-state index in [0.29, 0.717) is 136 Å². The van der Waals surface area contributed by atoms with Gasteiger partial charge in [0.1, 0.15) is 69.0 Å². The van der Waals surface area contributed by atoms with Crippen molar-refractivity contribution in [2.45, 2.75) is 26.4 Å². The van der Waals surface area contributed by atoms with E-state index in [-0.39, 0.29) is 73.1 Å². The highest BCUT2D eigenvalue weighted by Crippen LogP contribution is 2.39. The molecule has 0 aromatic heterocycles. The summed E-state index contributed by atoms with van der Waals surface area (Å²) in [6.45, 7) is -0.845. The van der Waals surface area contributed by atoms with E-state index < -0.39 is 0 Å². The molecule has 20 nitrogen and oxygen atoms in total. The third kappa shape index (κ3) is 9.85. The fourth-order valence-corrected chi connectivity index (χ4v) is 10.1. The Labute approximate surface area is 479 Å². The molecule has 8 bridgehead atoms. The van der Waals surface area contributed by atoms with E-state index in [2.05, 4.69) is 0 Å². The summed E-state index contributed by atoms with van der Waals surface area (Å²) in [4.78, 5) is 41.2. The molecular weight excluding hydrogens is 1070 g/mol. The van der Waals surface area contributed by atoms with Crippen LogP contribution in [0.15, 0.2) is 186 Å². The molecule has 0 unspecified atom stereocenters. The molecule has 5 aliphatic rings. The molecule has 13 rings (SSSR count). The molecular formula is C64H48N8O12. The van der Waals surface area contributed by atoms with Crippen LogP contribution in [0.5, 0.6) is 69.0 Å². The van der Waals surface area contributed by atoms with Crippen molar-refractivity contribution in [3.8, 4) is 69.0 Å². The molecule has 0 aliphatic carbocycles. The van der Waals surface area contributed by atoms with Crippen LogP contribution < -0.4 is 37.9 Å². The van der Waals surface area contributed by atoms with Gasteiger partial charge in [-0.2, -0.15) is 0 Å². The Morgan fingerprint density at radius 3 is 0.607 bits per heavy atom. The van der Waals surface area contributed by atoms with Gasteiger partial charge in [-0.15, -0.1) is 0 Å². The zero-order valence-electron chi connectivity index (χ0n) is 45.3. The standard InChI is InChI=1S/C64H48N8O12/c1-77-53-25-41(9-5-33(53)29-73)81-37-13-17-45-49(21-37)61-65-57(45)70-62-51-23-39(83-43-11-7-35(31-75)55(27-43)79-3)15-19-47(51)59(67-62)72-64-52-24-40(84-44-12-8-36(32-76)56(28-44)80-4)16-20-48(52)60(68-64)71-63-50-22-38(14-18-46(50)58(66-63)69-61)82-42-10-6-34(30-74)54(26-42)78-2/h5-28,73-76H,29-32H2,1-4H3. The Balaban J connectivity index is 0.982. The molecule has 416 valence electrons. The van der Waals surface area contributed by atoms with Crippen molar-refractivity contribution in [3.05, 3.63) is 212 Å². The number of fused-ring (bicyclic) bond motifs is 16. The van der Waals surface area contributed by atoms with Gasteiger partial charge in [0.2, 0.25) is 0 Å². The fourth-order valence-electron chi connectivity index (χ4n) is 10.1. The van der Waals surface area contributed by atoms with Crippen LogP contribution in [0.2, 0.25) is 0 Å². The molecule has 0 amide bonds. The second-order valence-electron chi connectivity index (χ2n) is 19.2. The number of methoxy groups -OCH3 is 4. The lowest BCUT2D eigenvalue weighted by atomic mass is 10.1. The molecule has 84 heavy (non-hydrogen) atoms. The number of hydrogen-bond donors (Lipinski definition) is 4.